The summed E-state index contributed by atoms with van der Waals surface area (Å²) in [5.41, 5.74) is 0. The van der Waals surface area contributed by atoms with Gasteiger partial charge in [-0.05, 0) is 64.2 Å². The molecule has 8 nitrogen and oxygen atoms in total. The lowest BCUT2D eigenvalue weighted by Crippen LogP contribution is -2.37. The Morgan fingerprint density at radius 1 is 0.566 bits per heavy atom. The second-order valence-electron chi connectivity index (χ2n) is 16.1. The number of rotatable bonds is 40. The Morgan fingerprint density at radius 3 is 1.40 bits per heavy atom. The Labute approximate surface area is 327 Å². The molecular formula is C44H85NO7P+. The fraction of sp³-hybridized carbons (Fsp3) is 0.864. The quantitative estimate of drug-likeness (QED) is 0.0218. The van der Waals surface area contributed by atoms with E-state index in [0.29, 0.717) is 23.9 Å². The van der Waals surface area contributed by atoms with Crippen molar-refractivity contribution >= 4 is 19.6 Å². The number of hydrogen-bond acceptors (Lipinski definition) is 6. The molecular weight excluding hydrogens is 685 g/mol. The second-order valence-corrected chi connectivity index (χ2v) is 17.6. The van der Waals surface area contributed by atoms with Crippen molar-refractivity contribution in [2.24, 2.45) is 5.92 Å². The van der Waals surface area contributed by atoms with Crippen molar-refractivity contribution < 1.29 is 37.3 Å². The summed E-state index contributed by atoms with van der Waals surface area (Å²) in [6.07, 6.45) is 40.7. The SMILES string of the molecule is CCCCCCCC/C=C\CCCCCCCC(=O)[C@H](COC(=O)CCCCCCC/C=C/CCCCCCCC)COP(=O)(O)OCC[N+](C)(C)C. The van der Waals surface area contributed by atoms with Gasteiger partial charge < -0.3 is 14.1 Å². The van der Waals surface area contributed by atoms with E-state index in [0.717, 1.165) is 70.6 Å². The number of ether oxygens (including phenoxy) is 1. The molecule has 0 saturated heterocycles. The van der Waals surface area contributed by atoms with Gasteiger partial charge in [-0.2, -0.15) is 0 Å². The highest BCUT2D eigenvalue weighted by Crippen LogP contribution is 2.43. The van der Waals surface area contributed by atoms with E-state index in [1.807, 2.05) is 21.1 Å². The summed E-state index contributed by atoms with van der Waals surface area (Å²) in [5.74, 6) is -1.25. The van der Waals surface area contributed by atoms with Crippen LogP contribution in [0.1, 0.15) is 194 Å². The minimum atomic E-state index is -4.34. The first-order valence-electron chi connectivity index (χ1n) is 21.9. The molecule has 0 aliphatic carbocycles. The van der Waals surface area contributed by atoms with Crippen LogP contribution in [0, 0.1) is 5.92 Å². The van der Waals surface area contributed by atoms with Crippen LogP contribution in [0.4, 0.5) is 0 Å². The summed E-state index contributed by atoms with van der Waals surface area (Å²) in [6.45, 7) is 4.62. The molecule has 0 bridgehead atoms. The first kappa shape index (κ1) is 51.7. The van der Waals surface area contributed by atoms with Crippen molar-refractivity contribution in [3.05, 3.63) is 24.3 Å². The first-order valence-corrected chi connectivity index (χ1v) is 23.4. The molecule has 0 fully saturated rings. The van der Waals surface area contributed by atoms with Crippen LogP contribution in [0.25, 0.3) is 0 Å². The van der Waals surface area contributed by atoms with Crippen molar-refractivity contribution in [2.45, 2.75) is 194 Å². The van der Waals surface area contributed by atoms with E-state index in [4.69, 9.17) is 13.8 Å². The summed E-state index contributed by atoms with van der Waals surface area (Å²) in [6, 6.07) is 0. The van der Waals surface area contributed by atoms with Gasteiger partial charge in [0.2, 0.25) is 0 Å². The number of nitrogens with zero attached hydrogens (tertiary/aromatic N) is 1. The Balaban J connectivity index is 4.41. The zero-order valence-electron chi connectivity index (χ0n) is 35.3. The number of ketones is 1. The van der Waals surface area contributed by atoms with Crippen LogP contribution >= 0.6 is 7.82 Å². The van der Waals surface area contributed by atoms with Gasteiger partial charge in [0.05, 0.1) is 33.7 Å². The Hall–Kier alpha value is -1.31. The first-order chi connectivity index (χ1) is 25.5. The van der Waals surface area contributed by atoms with Gasteiger partial charge in [-0.15, -0.1) is 0 Å². The summed E-state index contributed by atoms with van der Waals surface area (Å²) < 4.78 is 29.0. The van der Waals surface area contributed by atoms with E-state index >= 15 is 0 Å². The van der Waals surface area contributed by atoms with Crippen LogP contribution in [0.2, 0.25) is 0 Å². The molecule has 0 aromatic rings. The summed E-state index contributed by atoms with van der Waals surface area (Å²) >= 11 is 0. The average molecular weight is 771 g/mol. The van der Waals surface area contributed by atoms with Crippen LogP contribution in [0.5, 0.6) is 0 Å². The number of esters is 1. The molecule has 9 heteroatoms. The van der Waals surface area contributed by atoms with Crippen molar-refractivity contribution in [2.75, 3.05) is 47.5 Å². The number of Topliss-reactive ketones (excluding diaryl/α,β-unsaturated/α-hetero) is 1. The molecule has 0 amide bonds. The lowest BCUT2D eigenvalue weighted by atomic mass is 9.99. The third kappa shape index (κ3) is 38.7. The third-order valence-corrected chi connectivity index (χ3v) is 10.7. The monoisotopic (exact) mass is 771 g/mol. The molecule has 2 atom stereocenters. The molecule has 0 radical (unpaired) electrons. The molecule has 312 valence electrons. The Bertz CT molecular complexity index is 962. The number of carbonyl (C=O) groups is 2. The van der Waals surface area contributed by atoms with E-state index in [2.05, 4.69) is 38.2 Å². The lowest BCUT2D eigenvalue weighted by molar-refractivity contribution is -0.870. The molecule has 1 unspecified atom stereocenters. The van der Waals surface area contributed by atoms with Gasteiger partial charge in [0.1, 0.15) is 25.5 Å². The van der Waals surface area contributed by atoms with Crippen LogP contribution in [0.15, 0.2) is 24.3 Å². The van der Waals surface area contributed by atoms with Gasteiger partial charge in [0.25, 0.3) is 0 Å². The van der Waals surface area contributed by atoms with E-state index in [9.17, 15) is 19.0 Å². The highest BCUT2D eigenvalue weighted by molar-refractivity contribution is 7.47. The maximum Gasteiger partial charge on any atom is 0.472 e. The van der Waals surface area contributed by atoms with Crippen molar-refractivity contribution in [3.63, 3.8) is 0 Å². The third-order valence-electron chi connectivity index (χ3n) is 9.68. The zero-order chi connectivity index (χ0) is 39.3. The van der Waals surface area contributed by atoms with Gasteiger partial charge in [0.15, 0.2) is 0 Å². The van der Waals surface area contributed by atoms with Gasteiger partial charge in [-0.3, -0.25) is 18.6 Å². The predicted molar refractivity (Wildman–Crippen MR) is 223 cm³/mol. The fourth-order valence-corrected chi connectivity index (χ4v) is 6.82. The minimum Gasteiger partial charge on any atom is -0.465 e. The smallest absolute Gasteiger partial charge is 0.465 e. The number of unbranched alkanes of at least 4 members (excludes halogenated alkanes) is 22. The molecule has 0 saturated carbocycles. The van der Waals surface area contributed by atoms with Crippen LogP contribution in [-0.2, 0) is 27.9 Å². The van der Waals surface area contributed by atoms with Crippen LogP contribution < -0.4 is 0 Å². The molecule has 0 rings (SSSR count). The maximum atomic E-state index is 13.2. The van der Waals surface area contributed by atoms with Gasteiger partial charge in [-0.25, -0.2) is 4.57 Å². The van der Waals surface area contributed by atoms with Crippen LogP contribution in [0.3, 0.4) is 0 Å². The highest BCUT2D eigenvalue weighted by atomic mass is 31.2. The average Bonchev–Trinajstić information content (AvgIpc) is 3.10. The highest BCUT2D eigenvalue weighted by Gasteiger charge is 2.28. The maximum absolute atomic E-state index is 13.2. The zero-order valence-corrected chi connectivity index (χ0v) is 36.2. The molecule has 0 aliphatic heterocycles. The number of phosphoric ester groups is 1. The van der Waals surface area contributed by atoms with Gasteiger partial charge >= 0.3 is 13.8 Å². The molecule has 0 heterocycles. The molecule has 0 aromatic heterocycles. The van der Waals surface area contributed by atoms with Crippen molar-refractivity contribution in [3.8, 4) is 0 Å². The van der Waals surface area contributed by atoms with Crippen molar-refractivity contribution in [1.82, 2.24) is 0 Å². The summed E-state index contributed by atoms with van der Waals surface area (Å²) in [5, 5.41) is 0. The molecule has 0 aliphatic rings. The second kappa shape index (κ2) is 36.3. The van der Waals surface area contributed by atoms with Crippen molar-refractivity contribution in [1.29, 1.82) is 0 Å². The normalized spacial score (nSPS) is 13.9. The molecule has 53 heavy (non-hydrogen) atoms. The predicted octanol–water partition coefficient (Wildman–Crippen LogP) is 12.6. The standard InChI is InChI=1S/C44H84NO7P/c1-6-8-10-12-14-16-18-20-22-24-26-28-30-32-34-36-43(46)42(41-52-53(48,49)51-39-38-45(3,4)5)40-50-44(47)37-35-33-31-29-27-25-23-21-19-17-15-13-11-9-7-2/h20-23,42H,6-19,24-41H2,1-5H3/p+1/b22-20-,23-21+/t42-/m1/s1. The molecule has 0 spiro atoms. The Morgan fingerprint density at radius 2 is 0.962 bits per heavy atom. The molecule has 1 N–H and O–H groups in total. The fourth-order valence-electron chi connectivity index (χ4n) is 6.07. The van der Waals surface area contributed by atoms with E-state index < -0.39 is 13.7 Å². The summed E-state index contributed by atoms with van der Waals surface area (Å²) in [7, 11) is 1.54. The van der Waals surface area contributed by atoms with E-state index in [-0.39, 0.29) is 31.6 Å². The number of carbonyl (C=O) groups excluding carboxylic acids is 2. The van der Waals surface area contributed by atoms with E-state index in [1.165, 1.54) is 96.3 Å². The topological polar surface area (TPSA) is 99.1 Å². The van der Waals surface area contributed by atoms with Crippen LogP contribution in [-0.4, -0.2) is 68.6 Å². The van der Waals surface area contributed by atoms with Gasteiger partial charge in [-0.1, -0.05) is 141 Å². The minimum absolute atomic E-state index is 0.0513. The largest absolute Gasteiger partial charge is 0.472 e. The number of hydrogen-bond donors (Lipinski definition) is 1. The van der Waals surface area contributed by atoms with Gasteiger partial charge in [0, 0.05) is 12.8 Å². The lowest BCUT2D eigenvalue weighted by Gasteiger charge is -2.24. The number of likely N-dealkylation sites (N-methyl/N-ethyl adjacent to an activating group) is 1. The number of quaternary nitrogens is 1. The van der Waals surface area contributed by atoms with E-state index in [1.54, 1.807) is 0 Å². The summed E-state index contributed by atoms with van der Waals surface area (Å²) in [4.78, 5) is 35.9. The Kier molecular flexibility index (Phi) is 35.4. The molecule has 0 aromatic carbocycles. The number of allylic oxidation sites excluding steroid dienone is 4. The number of phosphoric acid groups is 1.